The first kappa shape index (κ1) is 15.7. The highest BCUT2D eigenvalue weighted by Gasteiger charge is 2.31. The molecule has 1 saturated heterocycles. The van der Waals surface area contributed by atoms with Gasteiger partial charge in [-0.25, -0.2) is 4.98 Å². The van der Waals surface area contributed by atoms with Crippen molar-refractivity contribution in [3.8, 4) is 0 Å². The van der Waals surface area contributed by atoms with Gasteiger partial charge in [0.25, 0.3) is 0 Å². The van der Waals surface area contributed by atoms with Crippen LogP contribution < -0.4 is 4.90 Å². The molecule has 0 spiro atoms. The number of ketones is 1. The Balaban J connectivity index is 1.87. The predicted octanol–water partition coefficient (Wildman–Crippen LogP) is 1.63. The minimum atomic E-state index is -4.50. The first-order valence-electron chi connectivity index (χ1n) is 7.17. The van der Waals surface area contributed by atoms with Crippen LogP contribution in [-0.4, -0.2) is 52.9 Å². The molecule has 1 aliphatic heterocycles. The summed E-state index contributed by atoms with van der Waals surface area (Å²) in [6, 6.07) is 3.28. The average molecular weight is 328 g/mol. The van der Waals surface area contributed by atoms with E-state index in [9.17, 15) is 18.0 Å². The number of Topliss-reactive ketones (excluding diaryl/α,β-unsaturated/α-hetero) is 1. The van der Waals surface area contributed by atoms with Crippen LogP contribution in [0, 0.1) is 0 Å². The Hall–Kier alpha value is -2.16. The number of morpholine rings is 1. The fraction of sp³-hybridized carbons (Fsp3) is 0.500. The molecule has 0 bridgehead atoms. The lowest BCUT2D eigenvalue weighted by atomic mass is 10.1. The Kier molecular flexibility index (Phi) is 4.20. The number of aromatic nitrogens is 3. The number of hydrogen-bond acceptors (Lipinski definition) is 5. The van der Waals surface area contributed by atoms with E-state index in [0.29, 0.717) is 43.5 Å². The Bertz CT molecular complexity index is 708. The number of carbonyl (C=O) groups is 1. The Morgan fingerprint density at radius 2 is 2.04 bits per heavy atom. The molecule has 0 N–H and O–H groups in total. The topological polar surface area (TPSA) is 59.7 Å². The Labute approximate surface area is 129 Å². The van der Waals surface area contributed by atoms with E-state index in [0.717, 1.165) is 0 Å². The molecule has 0 atom stereocenters. The zero-order valence-electron chi connectivity index (χ0n) is 12.2. The maximum absolute atomic E-state index is 12.3. The second-order valence-corrected chi connectivity index (χ2v) is 5.31. The summed E-state index contributed by atoms with van der Waals surface area (Å²) < 4.78 is 43.8. The van der Waals surface area contributed by atoms with Crippen LogP contribution in [0.1, 0.15) is 12.1 Å². The van der Waals surface area contributed by atoms with E-state index in [1.165, 1.54) is 0 Å². The fourth-order valence-electron chi connectivity index (χ4n) is 2.54. The molecule has 0 aromatic carbocycles. The lowest BCUT2D eigenvalue weighted by molar-refractivity contribution is -0.151. The van der Waals surface area contributed by atoms with Gasteiger partial charge in [-0.2, -0.15) is 22.8 Å². The predicted molar refractivity (Wildman–Crippen MR) is 75.4 cm³/mol. The quantitative estimate of drug-likeness (QED) is 0.854. The van der Waals surface area contributed by atoms with Crippen molar-refractivity contribution >= 4 is 17.2 Å². The molecule has 0 unspecified atom stereocenters. The molecule has 2 aromatic heterocycles. The number of nitrogens with zero attached hydrogens (tertiary/aromatic N) is 4. The summed E-state index contributed by atoms with van der Waals surface area (Å²) in [5.74, 6) is -0.195. The number of anilines is 1. The molecule has 3 heterocycles. The van der Waals surface area contributed by atoms with Crippen LogP contribution in [0.2, 0.25) is 0 Å². The molecule has 3 rings (SSSR count). The summed E-state index contributed by atoms with van der Waals surface area (Å²) in [7, 11) is 0. The van der Waals surface area contributed by atoms with Crippen molar-refractivity contribution in [1.29, 1.82) is 0 Å². The molecular weight excluding hydrogens is 313 g/mol. The summed E-state index contributed by atoms with van der Waals surface area (Å²) in [5, 5.41) is 4.18. The largest absolute Gasteiger partial charge is 0.395 e. The zero-order chi connectivity index (χ0) is 16.4. The molecule has 9 heteroatoms. The molecule has 0 aliphatic carbocycles. The van der Waals surface area contributed by atoms with Gasteiger partial charge in [0.1, 0.15) is 18.0 Å². The molecular formula is C14H15F3N4O2. The van der Waals surface area contributed by atoms with Crippen molar-refractivity contribution in [2.75, 3.05) is 31.2 Å². The maximum Gasteiger partial charge on any atom is 0.395 e. The van der Waals surface area contributed by atoms with Crippen molar-refractivity contribution < 1.29 is 22.7 Å². The van der Waals surface area contributed by atoms with Crippen LogP contribution in [0.4, 0.5) is 19.0 Å². The zero-order valence-corrected chi connectivity index (χ0v) is 12.2. The summed E-state index contributed by atoms with van der Waals surface area (Å²) >= 11 is 0. The van der Waals surface area contributed by atoms with Gasteiger partial charge >= 0.3 is 6.18 Å². The number of alkyl halides is 3. The van der Waals surface area contributed by atoms with Gasteiger partial charge in [-0.1, -0.05) is 0 Å². The molecule has 0 amide bonds. The number of rotatable bonds is 4. The minimum Gasteiger partial charge on any atom is -0.378 e. The van der Waals surface area contributed by atoms with Gasteiger partial charge < -0.3 is 9.64 Å². The van der Waals surface area contributed by atoms with Crippen molar-refractivity contribution in [3.63, 3.8) is 0 Å². The summed E-state index contributed by atoms with van der Waals surface area (Å²) in [4.78, 5) is 17.8. The highest BCUT2D eigenvalue weighted by Crippen LogP contribution is 2.22. The second kappa shape index (κ2) is 6.15. The molecule has 0 saturated carbocycles. The van der Waals surface area contributed by atoms with Crippen molar-refractivity contribution in [2.24, 2.45) is 0 Å². The number of ether oxygens (including phenoxy) is 1. The Morgan fingerprint density at radius 1 is 1.30 bits per heavy atom. The van der Waals surface area contributed by atoms with E-state index in [-0.39, 0.29) is 6.42 Å². The van der Waals surface area contributed by atoms with Gasteiger partial charge in [0.2, 0.25) is 0 Å². The number of halogens is 3. The molecule has 2 aromatic rings. The van der Waals surface area contributed by atoms with Crippen LogP contribution in [0.25, 0.3) is 5.65 Å². The highest BCUT2D eigenvalue weighted by atomic mass is 19.4. The first-order chi connectivity index (χ1) is 10.9. The normalized spacial score (nSPS) is 16.0. The fourth-order valence-corrected chi connectivity index (χ4v) is 2.54. The van der Waals surface area contributed by atoms with Gasteiger partial charge in [-0.15, -0.1) is 0 Å². The third-order valence-electron chi connectivity index (χ3n) is 3.50. The summed E-state index contributed by atoms with van der Waals surface area (Å²) in [6.07, 6.45) is -4.72. The third kappa shape index (κ3) is 3.79. The van der Waals surface area contributed by atoms with Gasteiger partial charge in [0.15, 0.2) is 5.65 Å². The molecule has 6 nitrogen and oxygen atoms in total. The van der Waals surface area contributed by atoms with Gasteiger partial charge in [0, 0.05) is 31.6 Å². The van der Waals surface area contributed by atoms with Crippen LogP contribution in [0.3, 0.4) is 0 Å². The van der Waals surface area contributed by atoms with Gasteiger partial charge in [0.05, 0.1) is 25.1 Å². The average Bonchev–Trinajstić information content (AvgIpc) is 2.93. The minimum absolute atomic E-state index is 0.314. The Morgan fingerprint density at radius 3 is 2.74 bits per heavy atom. The van der Waals surface area contributed by atoms with E-state index >= 15 is 0 Å². The lowest BCUT2D eigenvalue weighted by Crippen LogP contribution is -2.37. The van der Waals surface area contributed by atoms with E-state index in [2.05, 4.69) is 10.1 Å². The molecule has 124 valence electrons. The lowest BCUT2D eigenvalue weighted by Gasteiger charge is -2.29. The second-order valence-electron chi connectivity index (χ2n) is 5.31. The third-order valence-corrected chi connectivity index (χ3v) is 3.50. The van der Waals surface area contributed by atoms with Crippen molar-refractivity contribution in [2.45, 2.75) is 19.0 Å². The first-order valence-corrected chi connectivity index (χ1v) is 7.17. The van der Waals surface area contributed by atoms with Crippen LogP contribution in [0.15, 0.2) is 18.3 Å². The van der Waals surface area contributed by atoms with Crippen LogP contribution >= 0.6 is 0 Å². The number of carbonyl (C=O) groups excluding carboxylic acids is 1. The molecule has 23 heavy (non-hydrogen) atoms. The van der Waals surface area contributed by atoms with E-state index in [1.807, 2.05) is 4.90 Å². The van der Waals surface area contributed by atoms with Crippen LogP contribution in [-0.2, 0) is 16.0 Å². The number of hydrogen-bond donors (Lipinski definition) is 0. The van der Waals surface area contributed by atoms with E-state index in [4.69, 9.17) is 4.74 Å². The highest BCUT2D eigenvalue weighted by molar-refractivity contribution is 5.81. The van der Waals surface area contributed by atoms with Crippen molar-refractivity contribution in [1.82, 2.24) is 14.6 Å². The standard InChI is InChI=1S/C14H15F3N4O2/c15-14(16,17)9-11(22)7-10-8-13(20-3-5-23-6-4-20)21-12(19-10)1-2-18-21/h1-2,8H,3-7,9H2. The van der Waals surface area contributed by atoms with Gasteiger partial charge in [-0.3, -0.25) is 4.79 Å². The molecule has 1 aliphatic rings. The molecule has 1 fully saturated rings. The maximum atomic E-state index is 12.3. The van der Waals surface area contributed by atoms with Gasteiger partial charge in [-0.05, 0) is 0 Å². The summed E-state index contributed by atoms with van der Waals surface area (Å²) in [6.45, 7) is 2.42. The number of fused-ring (bicyclic) bond motifs is 1. The van der Waals surface area contributed by atoms with E-state index < -0.39 is 18.4 Å². The van der Waals surface area contributed by atoms with Crippen molar-refractivity contribution in [3.05, 3.63) is 24.0 Å². The van der Waals surface area contributed by atoms with Crippen LogP contribution in [0.5, 0.6) is 0 Å². The monoisotopic (exact) mass is 328 g/mol. The smallest absolute Gasteiger partial charge is 0.378 e. The molecule has 0 radical (unpaired) electrons. The SMILES string of the molecule is O=C(Cc1cc(N2CCOCC2)n2nccc2n1)CC(F)(F)F. The van der Waals surface area contributed by atoms with E-state index in [1.54, 1.807) is 22.8 Å². The summed E-state index contributed by atoms with van der Waals surface area (Å²) in [5.41, 5.74) is 0.817.